The smallest absolute Gasteiger partial charge is 0.227 e. The van der Waals surface area contributed by atoms with Crippen molar-refractivity contribution in [2.75, 3.05) is 4.90 Å². The Morgan fingerprint density at radius 2 is 1.65 bits per heavy atom. The number of nitrogens with zero attached hydrogens (tertiary/aromatic N) is 1. The average molecular weight is 263 g/mol. The highest BCUT2D eigenvalue weighted by molar-refractivity contribution is 5.96. The highest BCUT2D eigenvalue weighted by Gasteiger charge is 2.19. The van der Waals surface area contributed by atoms with Crippen LogP contribution in [0.1, 0.15) is 30.0 Å². The Balaban J connectivity index is 2.17. The molecule has 0 unspecified atom stereocenters. The molecular formula is C18H17NO. The fourth-order valence-corrected chi connectivity index (χ4v) is 2.56. The van der Waals surface area contributed by atoms with E-state index in [2.05, 4.69) is 30.4 Å². The van der Waals surface area contributed by atoms with Gasteiger partial charge < -0.3 is 4.90 Å². The van der Waals surface area contributed by atoms with Crippen LogP contribution in [0, 0.1) is 0 Å². The fraction of sp³-hybridized carbons (Fsp3) is 0.167. The summed E-state index contributed by atoms with van der Waals surface area (Å²) in [5.41, 5.74) is 4.44. The Morgan fingerprint density at radius 3 is 2.45 bits per heavy atom. The molecule has 0 saturated heterocycles. The molecule has 0 aromatic heterocycles. The molecule has 0 spiro atoms. The van der Waals surface area contributed by atoms with E-state index >= 15 is 0 Å². The molecule has 0 fully saturated rings. The van der Waals surface area contributed by atoms with Crippen LogP contribution in [0.2, 0.25) is 0 Å². The summed E-state index contributed by atoms with van der Waals surface area (Å²) < 4.78 is 0. The minimum absolute atomic E-state index is 0.155. The number of rotatable bonds is 1. The van der Waals surface area contributed by atoms with Crippen LogP contribution in [0.4, 0.5) is 5.69 Å². The normalized spacial score (nSPS) is 13.2. The van der Waals surface area contributed by atoms with Crippen molar-refractivity contribution in [1.82, 2.24) is 0 Å². The first-order valence-corrected chi connectivity index (χ1v) is 6.95. The van der Waals surface area contributed by atoms with Crippen molar-refractivity contribution in [2.24, 2.45) is 0 Å². The fourth-order valence-electron chi connectivity index (χ4n) is 2.56. The quantitative estimate of drug-likeness (QED) is 0.758. The molecule has 20 heavy (non-hydrogen) atoms. The topological polar surface area (TPSA) is 20.3 Å². The SMILES string of the molecule is CCC(=O)N1Cc2ccccc2C=Cc2ccccc21. The Morgan fingerprint density at radius 1 is 1.00 bits per heavy atom. The second-order valence-corrected chi connectivity index (χ2v) is 4.92. The average Bonchev–Trinajstić information content (AvgIpc) is 2.49. The molecule has 1 amide bonds. The molecular weight excluding hydrogens is 246 g/mol. The van der Waals surface area contributed by atoms with Crippen LogP contribution < -0.4 is 4.90 Å². The third kappa shape index (κ3) is 2.25. The molecule has 2 aromatic rings. The summed E-state index contributed by atoms with van der Waals surface area (Å²) in [6.07, 6.45) is 4.73. The zero-order valence-electron chi connectivity index (χ0n) is 11.5. The molecule has 0 radical (unpaired) electrons. The minimum Gasteiger partial charge on any atom is -0.307 e. The van der Waals surface area contributed by atoms with Crippen LogP contribution in [0.3, 0.4) is 0 Å². The number of fused-ring (bicyclic) bond motifs is 2. The van der Waals surface area contributed by atoms with Crippen LogP contribution in [-0.4, -0.2) is 5.91 Å². The molecule has 0 bridgehead atoms. The van der Waals surface area contributed by atoms with Gasteiger partial charge in [-0.15, -0.1) is 0 Å². The van der Waals surface area contributed by atoms with Crippen LogP contribution in [-0.2, 0) is 11.3 Å². The zero-order valence-corrected chi connectivity index (χ0v) is 11.5. The number of para-hydroxylation sites is 1. The molecule has 0 atom stereocenters. The maximum atomic E-state index is 12.3. The molecule has 100 valence electrons. The number of hydrogen-bond acceptors (Lipinski definition) is 1. The lowest BCUT2D eigenvalue weighted by molar-refractivity contribution is -0.118. The third-order valence-corrected chi connectivity index (χ3v) is 3.66. The molecule has 1 aliphatic heterocycles. The minimum atomic E-state index is 0.155. The molecule has 2 heteroatoms. The van der Waals surface area contributed by atoms with Gasteiger partial charge in [-0.2, -0.15) is 0 Å². The first-order valence-electron chi connectivity index (χ1n) is 6.95. The number of carbonyl (C=O) groups is 1. The van der Waals surface area contributed by atoms with Crippen molar-refractivity contribution in [3.63, 3.8) is 0 Å². The lowest BCUT2D eigenvalue weighted by atomic mass is 10.0. The van der Waals surface area contributed by atoms with E-state index in [0.29, 0.717) is 13.0 Å². The summed E-state index contributed by atoms with van der Waals surface area (Å²) in [6, 6.07) is 16.3. The van der Waals surface area contributed by atoms with Gasteiger partial charge >= 0.3 is 0 Å². The molecule has 2 aromatic carbocycles. The molecule has 2 nitrogen and oxygen atoms in total. The van der Waals surface area contributed by atoms with Gasteiger partial charge in [0.2, 0.25) is 5.91 Å². The van der Waals surface area contributed by atoms with Crippen LogP contribution in [0.15, 0.2) is 48.5 Å². The summed E-state index contributed by atoms with van der Waals surface area (Å²) >= 11 is 0. The molecule has 3 rings (SSSR count). The highest BCUT2D eigenvalue weighted by atomic mass is 16.2. The maximum Gasteiger partial charge on any atom is 0.227 e. The number of anilines is 1. The number of carbonyl (C=O) groups excluding carboxylic acids is 1. The van der Waals surface area contributed by atoms with E-state index in [1.807, 2.05) is 42.2 Å². The summed E-state index contributed by atoms with van der Waals surface area (Å²) in [5.74, 6) is 0.155. The van der Waals surface area contributed by atoms with Crippen molar-refractivity contribution in [3.8, 4) is 0 Å². The summed E-state index contributed by atoms with van der Waals surface area (Å²) in [5, 5.41) is 0. The lowest BCUT2D eigenvalue weighted by Gasteiger charge is -2.26. The number of benzene rings is 2. The van der Waals surface area contributed by atoms with E-state index in [1.54, 1.807) is 0 Å². The first-order chi connectivity index (χ1) is 9.79. The van der Waals surface area contributed by atoms with E-state index < -0.39 is 0 Å². The van der Waals surface area contributed by atoms with Crippen molar-refractivity contribution in [1.29, 1.82) is 0 Å². The van der Waals surface area contributed by atoms with E-state index in [0.717, 1.165) is 11.3 Å². The van der Waals surface area contributed by atoms with Gasteiger partial charge in [0.1, 0.15) is 0 Å². The molecule has 1 aliphatic rings. The van der Waals surface area contributed by atoms with Crippen molar-refractivity contribution < 1.29 is 4.79 Å². The van der Waals surface area contributed by atoms with E-state index in [9.17, 15) is 4.79 Å². The van der Waals surface area contributed by atoms with Gasteiger partial charge in [-0.25, -0.2) is 0 Å². The summed E-state index contributed by atoms with van der Waals surface area (Å²) in [7, 11) is 0. The molecule has 0 aliphatic carbocycles. The van der Waals surface area contributed by atoms with Crippen molar-refractivity contribution >= 4 is 23.7 Å². The third-order valence-electron chi connectivity index (χ3n) is 3.66. The Kier molecular flexibility index (Phi) is 3.38. The van der Waals surface area contributed by atoms with Gasteiger partial charge in [-0.3, -0.25) is 4.79 Å². The largest absolute Gasteiger partial charge is 0.307 e. The van der Waals surface area contributed by atoms with Gasteiger partial charge in [0.15, 0.2) is 0 Å². The monoisotopic (exact) mass is 263 g/mol. The Labute approximate surface area is 119 Å². The van der Waals surface area contributed by atoms with Gasteiger partial charge in [-0.05, 0) is 22.8 Å². The predicted molar refractivity (Wildman–Crippen MR) is 83.3 cm³/mol. The molecule has 1 heterocycles. The van der Waals surface area contributed by atoms with Crippen LogP contribution >= 0.6 is 0 Å². The lowest BCUT2D eigenvalue weighted by Crippen LogP contribution is -2.30. The van der Waals surface area contributed by atoms with E-state index in [-0.39, 0.29) is 5.91 Å². The summed E-state index contributed by atoms with van der Waals surface area (Å²) in [4.78, 5) is 14.2. The van der Waals surface area contributed by atoms with Gasteiger partial charge in [-0.1, -0.05) is 61.5 Å². The van der Waals surface area contributed by atoms with Crippen LogP contribution in [0.25, 0.3) is 12.2 Å². The Bertz CT molecular complexity index is 673. The second kappa shape index (κ2) is 5.33. The number of hydrogen-bond donors (Lipinski definition) is 0. The maximum absolute atomic E-state index is 12.3. The van der Waals surface area contributed by atoms with E-state index in [1.165, 1.54) is 11.1 Å². The van der Waals surface area contributed by atoms with Crippen molar-refractivity contribution in [2.45, 2.75) is 19.9 Å². The second-order valence-electron chi connectivity index (χ2n) is 4.92. The molecule has 0 N–H and O–H groups in total. The van der Waals surface area contributed by atoms with Crippen molar-refractivity contribution in [3.05, 3.63) is 65.2 Å². The summed E-state index contributed by atoms with van der Waals surface area (Å²) in [6.45, 7) is 2.54. The first kappa shape index (κ1) is 12.7. The molecule has 0 saturated carbocycles. The number of amides is 1. The standard InChI is InChI=1S/C18H17NO/c1-2-18(20)19-13-16-9-4-3-7-14(16)11-12-15-8-5-6-10-17(15)19/h3-12H,2,13H2,1H3. The van der Waals surface area contributed by atoms with Gasteiger partial charge in [0.05, 0.1) is 12.2 Å². The highest BCUT2D eigenvalue weighted by Crippen LogP contribution is 2.28. The van der Waals surface area contributed by atoms with Gasteiger partial charge in [0, 0.05) is 6.42 Å². The van der Waals surface area contributed by atoms with E-state index in [4.69, 9.17) is 0 Å². The zero-order chi connectivity index (χ0) is 13.9. The van der Waals surface area contributed by atoms with Gasteiger partial charge in [0.25, 0.3) is 0 Å². The van der Waals surface area contributed by atoms with Crippen LogP contribution in [0.5, 0.6) is 0 Å². The Hall–Kier alpha value is -2.35. The predicted octanol–water partition coefficient (Wildman–Crippen LogP) is 4.11.